The lowest BCUT2D eigenvalue weighted by Crippen LogP contribution is -2.28. The lowest BCUT2D eigenvalue weighted by atomic mass is 10.1. The molecule has 6 heteroatoms. The number of esters is 1. The highest BCUT2D eigenvalue weighted by Crippen LogP contribution is 2.29. The van der Waals surface area contributed by atoms with Gasteiger partial charge in [0.15, 0.2) is 0 Å². The third kappa shape index (κ3) is 2.14. The second kappa shape index (κ2) is 5.17. The molecule has 0 radical (unpaired) electrons. The van der Waals surface area contributed by atoms with Crippen molar-refractivity contribution in [3.05, 3.63) is 34.5 Å². The zero-order chi connectivity index (χ0) is 15.0. The number of amides is 1. The minimum absolute atomic E-state index is 0.232. The van der Waals surface area contributed by atoms with Crippen molar-refractivity contribution >= 4 is 34.5 Å². The summed E-state index contributed by atoms with van der Waals surface area (Å²) in [6.45, 7) is 1.71. The average molecular weight is 295 g/mol. The first kappa shape index (κ1) is 14.4. The number of benzene rings is 1. The Kier molecular flexibility index (Phi) is 3.72. The van der Waals surface area contributed by atoms with Gasteiger partial charge in [-0.2, -0.15) is 0 Å². The highest BCUT2D eigenvalue weighted by Gasteiger charge is 2.24. The largest absolute Gasteiger partial charge is 0.465 e. The van der Waals surface area contributed by atoms with Gasteiger partial charge in [0.1, 0.15) is 0 Å². The Morgan fingerprint density at radius 2 is 1.95 bits per heavy atom. The summed E-state index contributed by atoms with van der Waals surface area (Å²) in [6, 6.07) is 4.84. The minimum Gasteiger partial charge on any atom is -0.465 e. The number of carbonyl (C=O) groups excluding carboxylic acids is 2. The van der Waals surface area contributed by atoms with Crippen LogP contribution in [-0.2, 0) is 4.74 Å². The second-order valence-corrected chi connectivity index (χ2v) is 5.06. The monoisotopic (exact) mass is 294 g/mol. The average Bonchev–Trinajstić information content (AvgIpc) is 2.68. The van der Waals surface area contributed by atoms with E-state index in [0.717, 1.165) is 0 Å². The number of halogens is 1. The van der Waals surface area contributed by atoms with Crippen LogP contribution in [0, 0.1) is 6.92 Å². The minimum atomic E-state index is -0.486. The van der Waals surface area contributed by atoms with Crippen molar-refractivity contribution in [3.8, 4) is 0 Å². The van der Waals surface area contributed by atoms with Gasteiger partial charge in [-0.3, -0.25) is 4.57 Å². The van der Waals surface area contributed by atoms with Gasteiger partial charge in [-0.1, -0.05) is 11.6 Å². The fraction of sp³-hybridized carbons (Fsp3) is 0.286. The molecular weight excluding hydrogens is 280 g/mol. The summed E-state index contributed by atoms with van der Waals surface area (Å²) in [6.07, 6.45) is 0. The number of aromatic nitrogens is 1. The van der Waals surface area contributed by atoms with Crippen LogP contribution in [0.5, 0.6) is 0 Å². The van der Waals surface area contributed by atoms with Crippen molar-refractivity contribution < 1.29 is 14.3 Å². The van der Waals surface area contributed by atoms with E-state index in [1.165, 1.54) is 16.6 Å². The van der Waals surface area contributed by atoms with Crippen LogP contribution in [-0.4, -0.2) is 42.7 Å². The van der Waals surface area contributed by atoms with E-state index >= 15 is 0 Å². The molecule has 0 saturated heterocycles. The van der Waals surface area contributed by atoms with E-state index in [4.69, 9.17) is 16.3 Å². The molecule has 0 unspecified atom stereocenters. The predicted octanol–water partition coefficient (Wildman–Crippen LogP) is 2.92. The number of hydrogen-bond acceptors (Lipinski definition) is 3. The molecule has 0 saturated carbocycles. The van der Waals surface area contributed by atoms with E-state index < -0.39 is 5.97 Å². The number of methoxy groups -OCH3 is 1. The Morgan fingerprint density at radius 1 is 1.30 bits per heavy atom. The van der Waals surface area contributed by atoms with E-state index in [-0.39, 0.29) is 6.03 Å². The standard InChI is InChI=1S/C14H15ClN2O3/c1-8-12(13(18)20-4)10-7-9(15)5-6-11(10)17(8)14(19)16(2)3/h5-7H,1-4H3. The summed E-state index contributed by atoms with van der Waals surface area (Å²) in [5.74, 6) is -0.486. The van der Waals surface area contributed by atoms with E-state index in [1.807, 2.05) is 0 Å². The van der Waals surface area contributed by atoms with Crippen LogP contribution in [0.1, 0.15) is 16.1 Å². The zero-order valence-electron chi connectivity index (χ0n) is 11.7. The molecule has 0 aliphatic carbocycles. The quantitative estimate of drug-likeness (QED) is 0.760. The van der Waals surface area contributed by atoms with E-state index in [9.17, 15) is 9.59 Å². The smallest absolute Gasteiger partial charge is 0.340 e. The Morgan fingerprint density at radius 3 is 2.50 bits per heavy atom. The Hall–Kier alpha value is -2.01. The summed E-state index contributed by atoms with van der Waals surface area (Å²) in [7, 11) is 4.62. The molecule has 5 nitrogen and oxygen atoms in total. The van der Waals surface area contributed by atoms with Crippen LogP contribution in [0.2, 0.25) is 5.02 Å². The van der Waals surface area contributed by atoms with Gasteiger partial charge >= 0.3 is 12.0 Å². The Labute approximate surface area is 121 Å². The first-order valence-electron chi connectivity index (χ1n) is 5.99. The van der Waals surface area contributed by atoms with Crippen molar-refractivity contribution in [1.29, 1.82) is 0 Å². The number of ether oxygens (including phenoxy) is 1. The maximum atomic E-state index is 12.3. The highest BCUT2D eigenvalue weighted by molar-refractivity contribution is 6.31. The maximum Gasteiger partial charge on any atom is 0.340 e. The molecule has 0 aliphatic heterocycles. The fourth-order valence-corrected chi connectivity index (χ4v) is 2.37. The number of nitrogens with zero attached hydrogens (tertiary/aromatic N) is 2. The van der Waals surface area contributed by atoms with Gasteiger partial charge in [-0.25, -0.2) is 9.59 Å². The van der Waals surface area contributed by atoms with Gasteiger partial charge in [0.2, 0.25) is 0 Å². The molecule has 0 aliphatic rings. The zero-order valence-corrected chi connectivity index (χ0v) is 12.5. The number of rotatable bonds is 1. The van der Waals surface area contributed by atoms with Crippen LogP contribution in [0.4, 0.5) is 4.79 Å². The van der Waals surface area contributed by atoms with Gasteiger partial charge in [-0.15, -0.1) is 0 Å². The molecule has 2 aromatic rings. The summed E-state index contributed by atoms with van der Waals surface area (Å²) in [5, 5.41) is 1.11. The Balaban J connectivity index is 2.86. The molecule has 0 N–H and O–H groups in total. The molecule has 1 heterocycles. The van der Waals surface area contributed by atoms with Crippen molar-refractivity contribution in [3.63, 3.8) is 0 Å². The first-order chi connectivity index (χ1) is 9.38. The summed E-state index contributed by atoms with van der Waals surface area (Å²) < 4.78 is 6.28. The lowest BCUT2D eigenvalue weighted by Gasteiger charge is -2.13. The van der Waals surface area contributed by atoms with Gasteiger partial charge < -0.3 is 9.64 Å². The van der Waals surface area contributed by atoms with Gasteiger partial charge in [-0.05, 0) is 25.1 Å². The molecule has 2 rings (SSSR count). The SMILES string of the molecule is COC(=O)c1c(C)n(C(=O)N(C)C)c2ccc(Cl)cc12. The van der Waals surface area contributed by atoms with Crippen molar-refractivity contribution in [2.75, 3.05) is 21.2 Å². The maximum absolute atomic E-state index is 12.3. The van der Waals surface area contributed by atoms with Crippen molar-refractivity contribution in [2.45, 2.75) is 6.92 Å². The highest BCUT2D eigenvalue weighted by atomic mass is 35.5. The number of carbonyl (C=O) groups is 2. The third-order valence-corrected chi connectivity index (χ3v) is 3.36. The number of fused-ring (bicyclic) bond motifs is 1. The molecule has 1 aromatic heterocycles. The first-order valence-corrected chi connectivity index (χ1v) is 6.36. The van der Waals surface area contributed by atoms with Crippen LogP contribution in [0.15, 0.2) is 18.2 Å². The molecule has 20 heavy (non-hydrogen) atoms. The van der Waals surface area contributed by atoms with E-state index in [1.54, 1.807) is 39.2 Å². The summed E-state index contributed by atoms with van der Waals surface area (Å²) in [5.41, 5.74) is 1.53. The van der Waals surface area contributed by atoms with Gasteiger partial charge in [0, 0.05) is 30.2 Å². The van der Waals surface area contributed by atoms with Crippen LogP contribution >= 0.6 is 11.6 Å². The summed E-state index contributed by atoms with van der Waals surface area (Å²) >= 11 is 5.99. The van der Waals surface area contributed by atoms with Gasteiger partial charge in [0.05, 0.1) is 18.2 Å². The predicted molar refractivity (Wildman–Crippen MR) is 77.5 cm³/mol. The third-order valence-electron chi connectivity index (χ3n) is 3.13. The fourth-order valence-electron chi connectivity index (χ4n) is 2.20. The van der Waals surface area contributed by atoms with Gasteiger partial charge in [0.25, 0.3) is 0 Å². The molecule has 0 spiro atoms. The topological polar surface area (TPSA) is 51.5 Å². The Bertz CT molecular complexity index is 704. The lowest BCUT2D eigenvalue weighted by molar-refractivity contribution is 0.0602. The molecule has 0 fully saturated rings. The molecule has 1 aromatic carbocycles. The molecule has 0 bridgehead atoms. The van der Waals surface area contributed by atoms with E-state index in [0.29, 0.717) is 27.2 Å². The van der Waals surface area contributed by atoms with E-state index in [2.05, 4.69) is 0 Å². The van der Waals surface area contributed by atoms with Crippen LogP contribution in [0.3, 0.4) is 0 Å². The molecular formula is C14H15ClN2O3. The molecule has 106 valence electrons. The summed E-state index contributed by atoms with van der Waals surface area (Å²) in [4.78, 5) is 25.7. The number of hydrogen-bond donors (Lipinski definition) is 0. The normalized spacial score (nSPS) is 10.7. The van der Waals surface area contributed by atoms with Crippen molar-refractivity contribution in [1.82, 2.24) is 9.47 Å². The van der Waals surface area contributed by atoms with Crippen molar-refractivity contribution in [2.24, 2.45) is 0 Å². The molecule has 0 atom stereocenters. The van der Waals surface area contributed by atoms with Crippen LogP contribution < -0.4 is 0 Å². The second-order valence-electron chi connectivity index (χ2n) is 4.63. The van der Waals surface area contributed by atoms with Crippen LogP contribution in [0.25, 0.3) is 10.9 Å². The molecule has 1 amide bonds.